The SMILES string of the molecule is CNCc1cccc(Br)c1I.Cl. The van der Waals surface area contributed by atoms with Crippen LogP contribution in [0.1, 0.15) is 5.56 Å². The number of rotatable bonds is 2. The Hall–Kier alpha value is 0.680. The maximum absolute atomic E-state index is 3.48. The number of benzene rings is 1. The third-order valence-electron chi connectivity index (χ3n) is 1.40. The lowest BCUT2D eigenvalue weighted by molar-refractivity contribution is 0.813. The molecular weight excluding hydrogens is 352 g/mol. The van der Waals surface area contributed by atoms with Crippen LogP contribution in [-0.4, -0.2) is 7.05 Å². The molecule has 0 saturated carbocycles. The van der Waals surface area contributed by atoms with Crippen molar-refractivity contribution in [3.63, 3.8) is 0 Å². The summed E-state index contributed by atoms with van der Waals surface area (Å²) in [5.74, 6) is 0. The van der Waals surface area contributed by atoms with E-state index in [1.807, 2.05) is 7.05 Å². The molecule has 0 spiro atoms. The van der Waals surface area contributed by atoms with Gasteiger partial charge in [0, 0.05) is 14.6 Å². The van der Waals surface area contributed by atoms with Crippen LogP contribution in [0.5, 0.6) is 0 Å². The maximum Gasteiger partial charge on any atom is 0.0317 e. The van der Waals surface area contributed by atoms with Gasteiger partial charge in [-0.15, -0.1) is 12.4 Å². The highest BCUT2D eigenvalue weighted by Crippen LogP contribution is 2.22. The molecule has 0 radical (unpaired) electrons. The highest BCUT2D eigenvalue weighted by atomic mass is 127. The zero-order valence-corrected chi connectivity index (χ0v) is 11.2. The van der Waals surface area contributed by atoms with Crippen LogP contribution in [0.3, 0.4) is 0 Å². The minimum atomic E-state index is 0. The molecule has 0 unspecified atom stereocenters. The van der Waals surface area contributed by atoms with Gasteiger partial charge in [-0.1, -0.05) is 12.1 Å². The lowest BCUT2D eigenvalue weighted by Gasteiger charge is -2.04. The Morgan fingerprint density at radius 2 is 2.17 bits per heavy atom. The smallest absolute Gasteiger partial charge is 0.0317 e. The first-order chi connectivity index (χ1) is 5.25. The Morgan fingerprint density at radius 1 is 1.50 bits per heavy atom. The summed E-state index contributed by atoms with van der Waals surface area (Å²) in [6.07, 6.45) is 0. The average molecular weight is 362 g/mol. The molecule has 0 amide bonds. The Labute approximate surface area is 101 Å². The molecule has 0 bridgehead atoms. The molecule has 1 N–H and O–H groups in total. The zero-order chi connectivity index (χ0) is 8.27. The number of hydrogen-bond donors (Lipinski definition) is 1. The van der Waals surface area contributed by atoms with Crippen LogP contribution in [-0.2, 0) is 6.54 Å². The number of halogens is 3. The lowest BCUT2D eigenvalue weighted by atomic mass is 10.2. The Balaban J connectivity index is 0.00000121. The van der Waals surface area contributed by atoms with Gasteiger partial charge < -0.3 is 5.32 Å². The van der Waals surface area contributed by atoms with Crippen LogP contribution in [0.15, 0.2) is 22.7 Å². The van der Waals surface area contributed by atoms with E-state index in [1.54, 1.807) is 0 Å². The van der Waals surface area contributed by atoms with Crippen molar-refractivity contribution in [1.29, 1.82) is 0 Å². The van der Waals surface area contributed by atoms with E-state index < -0.39 is 0 Å². The number of hydrogen-bond acceptors (Lipinski definition) is 1. The minimum Gasteiger partial charge on any atom is -0.316 e. The van der Waals surface area contributed by atoms with Crippen LogP contribution in [0, 0.1) is 3.57 Å². The molecule has 0 heterocycles. The van der Waals surface area contributed by atoms with Gasteiger partial charge in [0.25, 0.3) is 0 Å². The van der Waals surface area contributed by atoms with E-state index in [1.165, 1.54) is 13.6 Å². The van der Waals surface area contributed by atoms with Crippen LogP contribution >= 0.6 is 50.9 Å². The second kappa shape index (κ2) is 6.18. The molecule has 1 aromatic carbocycles. The van der Waals surface area contributed by atoms with Gasteiger partial charge in [-0.3, -0.25) is 0 Å². The van der Waals surface area contributed by atoms with Gasteiger partial charge in [0.1, 0.15) is 0 Å². The minimum absolute atomic E-state index is 0. The molecule has 0 fully saturated rings. The van der Waals surface area contributed by atoms with Crippen LogP contribution in [0.25, 0.3) is 0 Å². The van der Waals surface area contributed by atoms with Gasteiger partial charge in [-0.05, 0) is 57.2 Å². The molecule has 12 heavy (non-hydrogen) atoms. The van der Waals surface area contributed by atoms with Crippen molar-refractivity contribution in [3.8, 4) is 0 Å². The third-order valence-corrected chi connectivity index (χ3v) is 4.07. The van der Waals surface area contributed by atoms with E-state index in [-0.39, 0.29) is 12.4 Å². The highest BCUT2D eigenvalue weighted by Gasteiger charge is 2.00. The molecular formula is C8H10BrClIN. The number of nitrogens with one attached hydrogen (secondary N) is 1. The Kier molecular flexibility index (Phi) is 6.53. The first-order valence-corrected chi connectivity index (χ1v) is 5.20. The summed E-state index contributed by atoms with van der Waals surface area (Å²) in [7, 11) is 1.96. The van der Waals surface area contributed by atoms with E-state index in [9.17, 15) is 0 Å². The van der Waals surface area contributed by atoms with Gasteiger partial charge in [0.05, 0.1) is 0 Å². The predicted molar refractivity (Wildman–Crippen MR) is 66.9 cm³/mol. The van der Waals surface area contributed by atoms with Crippen molar-refractivity contribution in [2.75, 3.05) is 7.05 Å². The first kappa shape index (κ1) is 12.7. The molecule has 0 saturated heterocycles. The molecule has 4 heteroatoms. The van der Waals surface area contributed by atoms with Crippen molar-refractivity contribution >= 4 is 50.9 Å². The van der Waals surface area contributed by atoms with Crippen LogP contribution < -0.4 is 5.32 Å². The summed E-state index contributed by atoms with van der Waals surface area (Å²) in [5.41, 5.74) is 1.34. The Bertz CT molecular complexity index is 255. The molecule has 0 aliphatic heterocycles. The van der Waals surface area contributed by atoms with Crippen molar-refractivity contribution in [2.45, 2.75) is 6.54 Å². The van der Waals surface area contributed by atoms with Crippen molar-refractivity contribution in [3.05, 3.63) is 31.8 Å². The van der Waals surface area contributed by atoms with E-state index in [0.29, 0.717) is 0 Å². The normalized spacial score (nSPS) is 9.25. The third kappa shape index (κ3) is 3.20. The molecule has 0 aliphatic carbocycles. The highest BCUT2D eigenvalue weighted by molar-refractivity contribution is 14.1. The molecule has 68 valence electrons. The summed E-state index contributed by atoms with van der Waals surface area (Å²) in [5, 5.41) is 3.13. The van der Waals surface area contributed by atoms with Gasteiger partial charge in [-0.2, -0.15) is 0 Å². The molecule has 1 nitrogen and oxygen atoms in total. The van der Waals surface area contributed by atoms with Gasteiger partial charge in [-0.25, -0.2) is 0 Å². The van der Waals surface area contributed by atoms with E-state index >= 15 is 0 Å². The monoisotopic (exact) mass is 361 g/mol. The van der Waals surface area contributed by atoms with Crippen molar-refractivity contribution in [1.82, 2.24) is 5.32 Å². The van der Waals surface area contributed by atoms with E-state index in [2.05, 4.69) is 62.0 Å². The summed E-state index contributed by atoms with van der Waals surface area (Å²) < 4.78 is 2.46. The first-order valence-electron chi connectivity index (χ1n) is 3.33. The second-order valence-corrected chi connectivity index (χ2v) is 4.18. The molecule has 1 rings (SSSR count). The molecule has 0 aliphatic rings. The van der Waals surface area contributed by atoms with Crippen molar-refractivity contribution in [2.24, 2.45) is 0 Å². The predicted octanol–water partition coefficient (Wildman–Crippen LogP) is 3.19. The largest absolute Gasteiger partial charge is 0.316 e. The standard InChI is InChI=1S/C8H9BrIN.ClH/c1-11-5-6-3-2-4-7(9)8(6)10;/h2-4,11H,5H2,1H3;1H. The maximum atomic E-state index is 3.48. The lowest BCUT2D eigenvalue weighted by Crippen LogP contribution is -2.06. The summed E-state index contributed by atoms with van der Waals surface area (Å²) in [6, 6.07) is 6.24. The molecule has 1 aromatic rings. The zero-order valence-electron chi connectivity index (χ0n) is 6.60. The quantitative estimate of drug-likeness (QED) is 0.797. The fraction of sp³-hybridized carbons (Fsp3) is 0.250. The molecule has 0 atom stereocenters. The fourth-order valence-electron chi connectivity index (χ4n) is 0.875. The van der Waals surface area contributed by atoms with Crippen LogP contribution in [0.4, 0.5) is 0 Å². The van der Waals surface area contributed by atoms with E-state index in [0.717, 1.165) is 6.54 Å². The fourth-order valence-corrected chi connectivity index (χ4v) is 1.83. The summed E-state index contributed by atoms with van der Waals surface area (Å²) in [4.78, 5) is 0. The Morgan fingerprint density at radius 3 is 2.75 bits per heavy atom. The summed E-state index contributed by atoms with van der Waals surface area (Å²) >= 11 is 5.82. The average Bonchev–Trinajstić information content (AvgIpc) is 1.99. The second-order valence-electron chi connectivity index (χ2n) is 2.24. The van der Waals surface area contributed by atoms with Gasteiger partial charge >= 0.3 is 0 Å². The van der Waals surface area contributed by atoms with Gasteiger partial charge in [0.2, 0.25) is 0 Å². The summed E-state index contributed by atoms with van der Waals surface area (Å²) in [6.45, 7) is 0.928. The molecule has 0 aromatic heterocycles. The van der Waals surface area contributed by atoms with E-state index in [4.69, 9.17) is 0 Å². The topological polar surface area (TPSA) is 12.0 Å². The van der Waals surface area contributed by atoms with Gasteiger partial charge in [0.15, 0.2) is 0 Å². The van der Waals surface area contributed by atoms with Crippen molar-refractivity contribution < 1.29 is 0 Å². The van der Waals surface area contributed by atoms with Crippen LogP contribution in [0.2, 0.25) is 0 Å².